The molecule has 1 aromatic rings. The third-order valence-corrected chi connectivity index (χ3v) is 2.63. The van der Waals surface area contributed by atoms with Gasteiger partial charge in [-0.25, -0.2) is 4.79 Å². The Labute approximate surface area is 106 Å². The van der Waals surface area contributed by atoms with Gasteiger partial charge in [-0.15, -0.1) is 0 Å². The first kappa shape index (κ1) is 14.2. The van der Waals surface area contributed by atoms with Gasteiger partial charge in [-0.1, -0.05) is 0 Å². The highest BCUT2D eigenvalue weighted by atomic mass is 16.5. The van der Waals surface area contributed by atoms with Crippen molar-refractivity contribution in [3.63, 3.8) is 0 Å². The number of methoxy groups -OCH3 is 1. The van der Waals surface area contributed by atoms with Crippen LogP contribution in [0.1, 0.15) is 22.5 Å². The largest absolute Gasteiger partial charge is 0.478 e. The van der Waals surface area contributed by atoms with Gasteiger partial charge in [0.25, 0.3) is 0 Å². The molecule has 1 rings (SSSR count). The maximum absolute atomic E-state index is 11.6. The Morgan fingerprint density at radius 3 is 2.78 bits per heavy atom. The number of carboxylic acids is 1. The summed E-state index contributed by atoms with van der Waals surface area (Å²) in [6.45, 7) is 2.97. The molecule has 0 saturated carbocycles. The zero-order valence-electron chi connectivity index (χ0n) is 10.6. The number of amides is 1. The molecule has 0 aliphatic rings. The first-order chi connectivity index (χ1) is 8.56. The average molecular weight is 254 g/mol. The maximum Gasteiger partial charge on any atom is 0.337 e. The number of ether oxygens (including phenoxy) is 1. The number of aromatic carboxylic acids is 1. The van der Waals surface area contributed by atoms with Gasteiger partial charge in [0.15, 0.2) is 0 Å². The van der Waals surface area contributed by atoms with Gasteiger partial charge in [0, 0.05) is 32.2 Å². The number of nitrogens with one attached hydrogen (secondary N) is 1. The molecule has 18 heavy (non-hydrogen) atoms. The summed E-state index contributed by atoms with van der Waals surface area (Å²) in [5, 5.41) is 11.6. The monoisotopic (exact) mass is 254 g/mol. The lowest BCUT2D eigenvalue weighted by Gasteiger charge is -2.08. The summed E-state index contributed by atoms with van der Waals surface area (Å²) in [6, 6.07) is 1.50. The zero-order valence-corrected chi connectivity index (χ0v) is 10.6. The van der Waals surface area contributed by atoms with E-state index in [1.54, 1.807) is 24.8 Å². The van der Waals surface area contributed by atoms with Gasteiger partial charge in [0.05, 0.1) is 5.56 Å². The van der Waals surface area contributed by atoms with Gasteiger partial charge < -0.3 is 19.7 Å². The highest BCUT2D eigenvalue weighted by Gasteiger charge is 2.12. The second-order valence-corrected chi connectivity index (χ2v) is 3.94. The van der Waals surface area contributed by atoms with Crippen molar-refractivity contribution in [3.05, 3.63) is 23.5 Å². The zero-order chi connectivity index (χ0) is 13.5. The molecule has 0 aliphatic heterocycles. The summed E-state index contributed by atoms with van der Waals surface area (Å²) in [4.78, 5) is 22.4. The van der Waals surface area contributed by atoms with Gasteiger partial charge in [-0.2, -0.15) is 0 Å². The van der Waals surface area contributed by atoms with Crippen molar-refractivity contribution in [1.29, 1.82) is 0 Å². The van der Waals surface area contributed by atoms with Gasteiger partial charge in [-0.05, 0) is 19.4 Å². The molecule has 2 N–H and O–H groups in total. The van der Waals surface area contributed by atoms with Crippen molar-refractivity contribution in [2.24, 2.45) is 0 Å². The summed E-state index contributed by atoms with van der Waals surface area (Å²) in [5.74, 6) is -1.12. The second kappa shape index (κ2) is 6.80. The van der Waals surface area contributed by atoms with Gasteiger partial charge in [0.1, 0.15) is 6.54 Å². The quantitative estimate of drug-likeness (QED) is 0.700. The van der Waals surface area contributed by atoms with E-state index in [9.17, 15) is 9.59 Å². The van der Waals surface area contributed by atoms with E-state index in [2.05, 4.69) is 5.32 Å². The first-order valence-electron chi connectivity index (χ1n) is 5.71. The van der Waals surface area contributed by atoms with E-state index < -0.39 is 5.97 Å². The van der Waals surface area contributed by atoms with Crippen LogP contribution >= 0.6 is 0 Å². The van der Waals surface area contributed by atoms with Crippen LogP contribution in [0.25, 0.3) is 0 Å². The molecule has 0 spiro atoms. The van der Waals surface area contributed by atoms with Crippen molar-refractivity contribution < 1.29 is 19.4 Å². The van der Waals surface area contributed by atoms with E-state index in [4.69, 9.17) is 9.84 Å². The number of rotatable bonds is 7. The summed E-state index contributed by atoms with van der Waals surface area (Å²) < 4.78 is 6.49. The van der Waals surface area contributed by atoms with E-state index in [-0.39, 0.29) is 18.0 Å². The highest BCUT2D eigenvalue weighted by Crippen LogP contribution is 2.09. The SMILES string of the molecule is COCCCNC(=O)Cn1ccc(C(=O)O)c1C. The fourth-order valence-electron chi connectivity index (χ4n) is 1.60. The van der Waals surface area contributed by atoms with Crippen LogP contribution in [0, 0.1) is 6.92 Å². The molecule has 0 fully saturated rings. The Hall–Kier alpha value is -1.82. The molecule has 6 nitrogen and oxygen atoms in total. The van der Waals surface area contributed by atoms with Crippen LogP contribution in [0.3, 0.4) is 0 Å². The molecule has 1 heterocycles. The normalized spacial score (nSPS) is 10.3. The molecular formula is C12H18N2O4. The third-order valence-electron chi connectivity index (χ3n) is 2.63. The number of aromatic nitrogens is 1. The smallest absolute Gasteiger partial charge is 0.337 e. The Bertz CT molecular complexity index is 426. The van der Waals surface area contributed by atoms with Gasteiger partial charge >= 0.3 is 5.97 Å². The number of carbonyl (C=O) groups excluding carboxylic acids is 1. The molecule has 6 heteroatoms. The molecule has 1 amide bonds. The van der Waals surface area contributed by atoms with Crippen molar-refractivity contribution in [3.8, 4) is 0 Å². The van der Waals surface area contributed by atoms with Crippen LogP contribution in [0.15, 0.2) is 12.3 Å². The number of hydrogen-bond acceptors (Lipinski definition) is 3. The number of nitrogens with zero attached hydrogens (tertiary/aromatic N) is 1. The van der Waals surface area contributed by atoms with Crippen LogP contribution in [0.4, 0.5) is 0 Å². The second-order valence-electron chi connectivity index (χ2n) is 3.94. The minimum atomic E-state index is -0.980. The van der Waals surface area contributed by atoms with E-state index in [1.165, 1.54) is 6.07 Å². The molecule has 0 unspecified atom stereocenters. The predicted octanol–water partition coefficient (Wildman–Crippen LogP) is 0.647. The van der Waals surface area contributed by atoms with E-state index >= 15 is 0 Å². The summed E-state index contributed by atoms with van der Waals surface area (Å²) in [5.41, 5.74) is 0.803. The molecule has 0 saturated heterocycles. The van der Waals surface area contributed by atoms with E-state index in [0.717, 1.165) is 6.42 Å². The fourth-order valence-corrected chi connectivity index (χ4v) is 1.60. The molecule has 0 radical (unpaired) electrons. The highest BCUT2D eigenvalue weighted by molar-refractivity contribution is 5.89. The lowest BCUT2D eigenvalue weighted by atomic mass is 10.2. The standard InChI is InChI=1S/C12H18N2O4/c1-9-10(12(16)17)4-6-14(9)8-11(15)13-5-3-7-18-2/h4,6H,3,5,7-8H2,1-2H3,(H,13,15)(H,16,17). The van der Waals surface area contributed by atoms with E-state index in [0.29, 0.717) is 18.8 Å². The van der Waals surface area contributed by atoms with Crippen LogP contribution in [0.5, 0.6) is 0 Å². The van der Waals surface area contributed by atoms with E-state index in [1.807, 2.05) is 0 Å². The van der Waals surface area contributed by atoms with Crippen LogP contribution in [0.2, 0.25) is 0 Å². The molecule has 0 bridgehead atoms. The summed E-state index contributed by atoms with van der Waals surface area (Å²) in [7, 11) is 1.61. The average Bonchev–Trinajstić information content (AvgIpc) is 2.67. The fraction of sp³-hybridized carbons (Fsp3) is 0.500. The Kier molecular flexibility index (Phi) is 5.38. The molecule has 0 aliphatic carbocycles. The van der Waals surface area contributed by atoms with Crippen LogP contribution < -0.4 is 5.32 Å². The van der Waals surface area contributed by atoms with Crippen LogP contribution in [-0.2, 0) is 16.1 Å². The summed E-state index contributed by atoms with van der Waals surface area (Å²) in [6.07, 6.45) is 2.36. The Morgan fingerprint density at radius 1 is 1.50 bits per heavy atom. The minimum absolute atomic E-state index is 0.131. The third kappa shape index (κ3) is 3.89. The Morgan fingerprint density at radius 2 is 2.22 bits per heavy atom. The summed E-state index contributed by atoms with van der Waals surface area (Å²) >= 11 is 0. The lowest BCUT2D eigenvalue weighted by Crippen LogP contribution is -2.29. The number of carboxylic acid groups (broad SMARTS) is 1. The number of hydrogen-bond donors (Lipinski definition) is 2. The molecule has 0 atom stereocenters. The predicted molar refractivity (Wildman–Crippen MR) is 65.6 cm³/mol. The van der Waals surface area contributed by atoms with Crippen molar-refractivity contribution in [2.75, 3.05) is 20.3 Å². The van der Waals surface area contributed by atoms with Gasteiger partial charge in [0.2, 0.25) is 5.91 Å². The topological polar surface area (TPSA) is 80.6 Å². The molecule has 100 valence electrons. The first-order valence-corrected chi connectivity index (χ1v) is 5.71. The van der Waals surface area contributed by atoms with Crippen molar-refractivity contribution in [2.45, 2.75) is 19.9 Å². The number of carbonyl (C=O) groups is 2. The minimum Gasteiger partial charge on any atom is -0.478 e. The molecule has 1 aromatic heterocycles. The van der Waals surface area contributed by atoms with Crippen molar-refractivity contribution in [1.82, 2.24) is 9.88 Å². The maximum atomic E-state index is 11.6. The van der Waals surface area contributed by atoms with Gasteiger partial charge in [-0.3, -0.25) is 4.79 Å². The Balaban J connectivity index is 2.47. The molecule has 0 aromatic carbocycles. The van der Waals surface area contributed by atoms with Crippen molar-refractivity contribution >= 4 is 11.9 Å². The molecular weight excluding hydrogens is 236 g/mol. The van der Waals surface area contributed by atoms with Crippen LogP contribution in [-0.4, -0.2) is 41.8 Å². The lowest BCUT2D eigenvalue weighted by molar-refractivity contribution is -0.121.